The third-order valence-corrected chi connectivity index (χ3v) is 3.65. The highest BCUT2D eigenvalue weighted by Crippen LogP contribution is 2.18. The van der Waals surface area contributed by atoms with E-state index in [-0.39, 0.29) is 18.3 Å². The van der Waals surface area contributed by atoms with Gasteiger partial charge in [0.1, 0.15) is 5.75 Å². The van der Waals surface area contributed by atoms with Gasteiger partial charge in [-0.1, -0.05) is 18.2 Å². The predicted molar refractivity (Wildman–Crippen MR) is 85.4 cm³/mol. The standard InChI is InChI=1S/C15H18N4O2.ClH/c1-21-13-5-3-2-4-10(13)8-17-15(20)14-11-9-16-7-6-12(11)18-19-14;/h2-5,16H,6-9H2,1H3,(H,17,20)(H,18,19);1H. The maximum atomic E-state index is 12.3. The minimum atomic E-state index is -0.165. The molecule has 2 aromatic rings. The largest absolute Gasteiger partial charge is 0.496 e. The van der Waals surface area contributed by atoms with Crippen molar-refractivity contribution in [2.45, 2.75) is 19.5 Å². The number of hydrogen-bond donors (Lipinski definition) is 3. The first-order valence-electron chi connectivity index (χ1n) is 6.96. The van der Waals surface area contributed by atoms with Crippen LogP contribution in [0.15, 0.2) is 24.3 Å². The Bertz CT molecular complexity index is 657. The van der Waals surface area contributed by atoms with Gasteiger partial charge in [0.2, 0.25) is 0 Å². The number of hydrogen-bond acceptors (Lipinski definition) is 4. The van der Waals surface area contributed by atoms with Gasteiger partial charge in [-0.3, -0.25) is 9.89 Å². The molecular formula is C15H19ClN4O2. The fourth-order valence-electron chi connectivity index (χ4n) is 2.52. The summed E-state index contributed by atoms with van der Waals surface area (Å²) in [7, 11) is 1.62. The molecular weight excluding hydrogens is 304 g/mol. The van der Waals surface area contributed by atoms with Gasteiger partial charge in [0.25, 0.3) is 5.91 Å². The van der Waals surface area contributed by atoms with Crippen molar-refractivity contribution in [2.24, 2.45) is 0 Å². The van der Waals surface area contributed by atoms with Gasteiger partial charge in [0.05, 0.1) is 7.11 Å². The number of methoxy groups -OCH3 is 1. The summed E-state index contributed by atoms with van der Waals surface area (Å²) in [6, 6.07) is 7.63. The van der Waals surface area contributed by atoms with Crippen molar-refractivity contribution in [2.75, 3.05) is 13.7 Å². The molecule has 118 valence electrons. The van der Waals surface area contributed by atoms with E-state index in [1.807, 2.05) is 24.3 Å². The van der Waals surface area contributed by atoms with Crippen molar-refractivity contribution in [1.82, 2.24) is 20.8 Å². The Kier molecular flexibility index (Phi) is 5.41. The van der Waals surface area contributed by atoms with Crippen LogP contribution in [0.2, 0.25) is 0 Å². The van der Waals surface area contributed by atoms with Crippen LogP contribution < -0.4 is 15.4 Å². The summed E-state index contributed by atoms with van der Waals surface area (Å²) in [5, 5.41) is 13.2. The number of fused-ring (bicyclic) bond motifs is 1. The first-order chi connectivity index (χ1) is 10.3. The second-order valence-corrected chi connectivity index (χ2v) is 4.95. The quantitative estimate of drug-likeness (QED) is 0.795. The molecule has 6 nitrogen and oxygen atoms in total. The van der Waals surface area contributed by atoms with Gasteiger partial charge in [0, 0.05) is 42.9 Å². The topological polar surface area (TPSA) is 79.0 Å². The summed E-state index contributed by atoms with van der Waals surface area (Å²) in [6.07, 6.45) is 0.877. The molecule has 3 N–H and O–H groups in total. The van der Waals surface area contributed by atoms with E-state index in [9.17, 15) is 4.79 Å². The number of amides is 1. The third kappa shape index (κ3) is 3.23. The number of nitrogens with one attached hydrogen (secondary N) is 3. The lowest BCUT2D eigenvalue weighted by Gasteiger charge is -2.13. The average molecular weight is 323 g/mol. The van der Waals surface area contributed by atoms with Crippen LogP contribution in [-0.4, -0.2) is 29.8 Å². The number of benzene rings is 1. The molecule has 0 radical (unpaired) electrons. The molecule has 1 aliphatic heterocycles. The van der Waals surface area contributed by atoms with Crippen LogP contribution in [0.5, 0.6) is 5.75 Å². The molecule has 7 heteroatoms. The maximum Gasteiger partial charge on any atom is 0.272 e. The van der Waals surface area contributed by atoms with E-state index in [0.717, 1.165) is 35.5 Å². The zero-order valence-corrected chi connectivity index (χ0v) is 13.1. The summed E-state index contributed by atoms with van der Waals surface area (Å²) in [5.74, 6) is 0.602. The monoisotopic (exact) mass is 322 g/mol. The van der Waals surface area contributed by atoms with Crippen LogP contribution in [0.3, 0.4) is 0 Å². The van der Waals surface area contributed by atoms with Crippen LogP contribution in [-0.2, 0) is 19.5 Å². The SMILES string of the molecule is COc1ccccc1CNC(=O)c1n[nH]c2c1CNCC2.Cl. The first kappa shape index (κ1) is 16.3. The Morgan fingerprint density at radius 3 is 3.05 bits per heavy atom. The van der Waals surface area contributed by atoms with Gasteiger partial charge in [-0.2, -0.15) is 5.10 Å². The fraction of sp³-hybridized carbons (Fsp3) is 0.333. The third-order valence-electron chi connectivity index (χ3n) is 3.65. The Balaban J connectivity index is 0.00000176. The number of carbonyl (C=O) groups is 1. The van der Waals surface area contributed by atoms with Gasteiger partial charge >= 0.3 is 0 Å². The van der Waals surface area contributed by atoms with Crippen molar-refractivity contribution in [1.29, 1.82) is 0 Å². The van der Waals surface area contributed by atoms with E-state index in [2.05, 4.69) is 20.8 Å². The van der Waals surface area contributed by atoms with Crippen LogP contribution in [0.4, 0.5) is 0 Å². The van der Waals surface area contributed by atoms with Crippen LogP contribution in [0, 0.1) is 0 Å². The lowest BCUT2D eigenvalue weighted by molar-refractivity contribution is 0.0944. The molecule has 1 aromatic carbocycles. The fourth-order valence-corrected chi connectivity index (χ4v) is 2.52. The lowest BCUT2D eigenvalue weighted by Crippen LogP contribution is -2.28. The smallest absolute Gasteiger partial charge is 0.272 e. The zero-order chi connectivity index (χ0) is 14.7. The number of aromatic amines is 1. The zero-order valence-electron chi connectivity index (χ0n) is 12.3. The molecule has 0 bridgehead atoms. The number of nitrogens with zero attached hydrogens (tertiary/aromatic N) is 1. The van der Waals surface area contributed by atoms with E-state index in [4.69, 9.17) is 4.74 Å². The Labute approximate surface area is 135 Å². The van der Waals surface area contributed by atoms with Crippen molar-refractivity contribution in [3.8, 4) is 5.75 Å². The molecule has 1 aliphatic rings. The number of halogens is 1. The normalized spacial score (nSPS) is 13.0. The lowest BCUT2D eigenvalue weighted by atomic mass is 10.1. The summed E-state index contributed by atoms with van der Waals surface area (Å²) in [4.78, 5) is 12.3. The summed E-state index contributed by atoms with van der Waals surface area (Å²) in [6.45, 7) is 2.01. The Morgan fingerprint density at radius 1 is 1.41 bits per heavy atom. The van der Waals surface area contributed by atoms with Crippen LogP contribution >= 0.6 is 12.4 Å². The summed E-state index contributed by atoms with van der Waals surface area (Å²) >= 11 is 0. The second kappa shape index (κ2) is 7.29. The second-order valence-electron chi connectivity index (χ2n) is 4.95. The van der Waals surface area contributed by atoms with Gasteiger partial charge in [0.15, 0.2) is 5.69 Å². The highest BCUT2D eigenvalue weighted by molar-refractivity contribution is 5.94. The Morgan fingerprint density at radius 2 is 2.23 bits per heavy atom. The number of para-hydroxylation sites is 1. The van der Waals surface area contributed by atoms with Gasteiger partial charge in [-0.05, 0) is 6.07 Å². The van der Waals surface area contributed by atoms with Gasteiger partial charge in [-0.25, -0.2) is 0 Å². The molecule has 0 fully saturated rings. The highest BCUT2D eigenvalue weighted by atomic mass is 35.5. The van der Waals surface area contributed by atoms with Gasteiger partial charge < -0.3 is 15.4 Å². The average Bonchev–Trinajstić information content (AvgIpc) is 2.97. The van der Waals surface area contributed by atoms with Crippen molar-refractivity contribution >= 4 is 18.3 Å². The summed E-state index contributed by atoms with van der Waals surface area (Å²) in [5.41, 5.74) is 3.44. The van der Waals surface area contributed by atoms with Crippen LogP contribution in [0.25, 0.3) is 0 Å². The molecule has 22 heavy (non-hydrogen) atoms. The van der Waals surface area contributed by atoms with Gasteiger partial charge in [-0.15, -0.1) is 12.4 Å². The number of carbonyl (C=O) groups excluding carboxylic acids is 1. The molecule has 0 saturated heterocycles. The van der Waals surface area contributed by atoms with E-state index in [0.29, 0.717) is 18.8 Å². The van der Waals surface area contributed by atoms with Crippen molar-refractivity contribution < 1.29 is 9.53 Å². The maximum absolute atomic E-state index is 12.3. The molecule has 0 spiro atoms. The minimum absolute atomic E-state index is 0. The predicted octanol–water partition coefficient (Wildman–Crippen LogP) is 1.42. The van der Waals surface area contributed by atoms with Crippen molar-refractivity contribution in [3.63, 3.8) is 0 Å². The Hall–Kier alpha value is -2.05. The molecule has 0 unspecified atom stereocenters. The number of ether oxygens (including phenoxy) is 1. The molecule has 3 rings (SSSR count). The molecule has 2 heterocycles. The van der Waals surface area contributed by atoms with E-state index >= 15 is 0 Å². The molecule has 1 amide bonds. The van der Waals surface area contributed by atoms with E-state index in [1.165, 1.54) is 0 Å². The first-order valence-corrected chi connectivity index (χ1v) is 6.96. The number of H-pyrrole nitrogens is 1. The van der Waals surface area contributed by atoms with E-state index in [1.54, 1.807) is 7.11 Å². The highest BCUT2D eigenvalue weighted by Gasteiger charge is 2.21. The van der Waals surface area contributed by atoms with Crippen molar-refractivity contribution in [3.05, 3.63) is 46.8 Å². The van der Waals surface area contributed by atoms with E-state index < -0.39 is 0 Å². The number of aromatic nitrogens is 2. The minimum Gasteiger partial charge on any atom is -0.496 e. The molecule has 1 aromatic heterocycles. The summed E-state index contributed by atoms with van der Waals surface area (Å²) < 4.78 is 5.28. The molecule has 0 saturated carbocycles. The molecule has 0 aliphatic carbocycles. The van der Waals surface area contributed by atoms with Crippen LogP contribution in [0.1, 0.15) is 27.3 Å². The number of rotatable bonds is 4. The molecule has 0 atom stereocenters.